The van der Waals surface area contributed by atoms with Crippen LogP contribution >= 0.6 is 0 Å². The zero-order chi connectivity index (χ0) is 12.7. The van der Waals surface area contributed by atoms with Gasteiger partial charge in [0.2, 0.25) is 0 Å². The van der Waals surface area contributed by atoms with Gasteiger partial charge in [-0.2, -0.15) is 0 Å². The van der Waals surface area contributed by atoms with Crippen LogP contribution in [0.3, 0.4) is 0 Å². The van der Waals surface area contributed by atoms with Crippen molar-refractivity contribution in [3.63, 3.8) is 0 Å². The number of rotatable bonds is 7. The Labute approximate surface area is 104 Å². The van der Waals surface area contributed by atoms with Crippen molar-refractivity contribution in [1.82, 2.24) is 9.97 Å². The Balaban J connectivity index is 2.88. The molecule has 96 valence electrons. The van der Waals surface area contributed by atoms with E-state index < -0.39 is 0 Å². The number of anilines is 1. The third-order valence-electron chi connectivity index (χ3n) is 2.57. The molecule has 1 aromatic heterocycles. The summed E-state index contributed by atoms with van der Waals surface area (Å²) in [5, 5.41) is 3.31. The highest BCUT2D eigenvalue weighted by molar-refractivity contribution is 5.36. The molecule has 0 amide bonds. The molecule has 0 fully saturated rings. The molecule has 0 aromatic carbocycles. The molecule has 0 saturated heterocycles. The Kier molecular flexibility index (Phi) is 5.91. The van der Waals surface area contributed by atoms with Gasteiger partial charge >= 0.3 is 0 Å². The van der Waals surface area contributed by atoms with Crippen molar-refractivity contribution in [2.75, 3.05) is 25.6 Å². The summed E-state index contributed by atoms with van der Waals surface area (Å²) >= 11 is 0. The van der Waals surface area contributed by atoms with E-state index in [2.05, 4.69) is 36.1 Å². The second-order valence-corrected chi connectivity index (χ2v) is 4.24. The molecule has 0 aliphatic carbocycles. The third kappa shape index (κ3) is 4.30. The standard InChI is InChI=1S/C13H23N3O/c1-5-7-14-12-8-11(6-2)15-13(16-12)10(3)9-17-4/h8,10H,5-7,9H2,1-4H3,(H,14,15,16). The van der Waals surface area contributed by atoms with Crippen LogP contribution in [0.15, 0.2) is 6.07 Å². The highest BCUT2D eigenvalue weighted by Crippen LogP contribution is 2.15. The molecule has 1 unspecified atom stereocenters. The highest BCUT2D eigenvalue weighted by Gasteiger charge is 2.11. The topological polar surface area (TPSA) is 47.0 Å². The molecule has 0 saturated carbocycles. The van der Waals surface area contributed by atoms with Crippen LogP contribution in [0.25, 0.3) is 0 Å². The summed E-state index contributed by atoms with van der Waals surface area (Å²) in [5.74, 6) is 2.02. The molecule has 17 heavy (non-hydrogen) atoms. The second kappa shape index (κ2) is 7.22. The van der Waals surface area contributed by atoms with E-state index in [4.69, 9.17) is 4.74 Å². The smallest absolute Gasteiger partial charge is 0.136 e. The number of aryl methyl sites for hydroxylation is 1. The fourth-order valence-electron chi connectivity index (χ4n) is 1.59. The molecule has 0 aliphatic rings. The first-order valence-corrected chi connectivity index (χ1v) is 6.31. The van der Waals surface area contributed by atoms with E-state index in [1.54, 1.807) is 7.11 Å². The van der Waals surface area contributed by atoms with Gasteiger partial charge in [-0.05, 0) is 12.8 Å². The third-order valence-corrected chi connectivity index (χ3v) is 2.57. The average Bonchev–Trinajstić information content (AvgIpc) is 2.36. The predicted molar refractivity (Wildman–Crippen MR) is 70.5 cm³/mol. The van der Waals surface area contributed by atoms with Crippen LogP contribution in [0.4, 0.5) is 5.82 Å². The quantitative estimate of drug-likeness (QED) is 0.792. The number of hydrogen-bond acceptors (Lipinski definition) is 4. The van der Waals surface area contributed by atoms with Crippen molar-refractivity contribution >= 4 is 5.82 Å². The Morgan fingerprint density at radius 1 is 1.35 bits per heavy atom. The molecule has 0 spiro atoms. The van der Waals surface area contributed by atoms with Crippen LogP contribution in [0.5, 0.6) is 0 Å². The minimum Gasteiger partial charge on any atom is -0.384 e. The van der Waals surface area contributed by atoms with Gasteiger partial charge < -0.3 is 10.1 Å². The lowest BCUT2D eigenvalue weighted by Gasteiger charge is -2.13. The van der Waals surface area contributed by atoms with Crippen molar-refractivity contribution in [3.05, 3.63) is 17.6 Å². The van der Waals surface area contributed by atoms with Crippen LogP contribution in [0.1, 0.15) is 44.6 Å². The molecule has 0 bridgehead atoms. The van der Waals surface area contributed by atoms with E-state index in [0.717, 1.165) is 36.7 Å². The lowest BCUT2D eigenvalue weighted by Crippen LogP contribution is -2.11. The first kappa shape index (κ1) is 13.9. The van der Waals surface area contributed by atoms with Crippen LogP contribution in [0, 0.1) is 0 Å². The van der Waals surface area contributed by atoms with Crippen molar-refractivity contribution in [3.8, 4) is 0 Å². The number of methoxy groups -OCH3 is 1. The summed E-state index contributed by atoms with van der Waals surface area (Å²) in [5.41, 5.74) is 1.08. The Hall–Kier alpha value is -1.16. The molecule has 1 atom stereocenters. The van der Waals surface area contributed by atoms with E-state index in [1.807, 2.05) is 6.07 Å². The van der Waals surface area contributed by atoms with E-state index >= 15 is 0 Å². The molecule has 1 heterocycles. The first-order valence-electron chi connectivity index (χ1n) is 6.31. The summed E-state index contributed by atoms with van der Waals surface area (Å²) in [6.07, 6.45) is 2.02. The van der Waals surface area contributed by atoms with Gasteiger partial charge in [-0.1, -0.05) is 20.8 Å². The van der Waals surface area contributed by atoms with Crippen molar-refractivity contribution in [2.45, 2.75) is 39.5 Å². The van der Waals surface area contributed by atoms with Crippen LogP contribution in [0.2, 0.25) is 0 Å². The van der Waals surface area contributed by atoms with E-state index in [1.165, 1.54) is 0 Å². The minimum absolute atomic E-state index is 0.230. The van der Waals surface area contributed by atoms with Gasteiger partial charge in [-0.3, -0.25) is 0 Å². The van der Waals surface area contributed by atoms with Crippen molar-refractivity contribution < 1.29 is 4.74 Å². The second-order valence-electron chi connectivity index (χ2n) is 4.24. The highest BCUT2D eigenvalue weighted by atomic mass is 16.5. The molecular weight excluding hydrogens is 214 g/mol. The maximum absolute atomic E-state index is 5.15. The van der Waals surface area contributed by atoms with Gasteiger partial charge in [0.25, 0.3) is 0 Å². The van der Waals surface area contributed by atoms with Gasteiger partial charge in [0, 0.05) is 31.3 Å². The molecule has 1 aromatic rings. The fourth-order valence-corrected chi connectivity index (χ4v) is 1.59. The van der Waals surface area contributed by atoms with E-state index in [-0.39, 0.29) is 5.92 Å². The van der Waals surface area contributed by atoms with Gasteiger partial charge in [0.1, 0.15) is 11.6 Å². The molecule has 4 nitrogen and oxygen atoms in total. The Morgan fingerprint density at radius 3 is 2.71 bits per heavy atom. The van der Waals surface area contributed by atoms with Gasteiger partial charge in [0.15, 0.2) is 0 Å². The monoisotopic (exact) mass is 237 g/mol. The number of hydrogen-bond donors (Lipinski definition) is 1. The Bertz CT molecular complexity index is 341. The summed E-state index contributed by atoms with van der Waals surface area (Å²) < 4.78 is 5.15. The van der Waals surface area contributed by atoms with Gasteiger partial charge in [-0.15, -0.1) is 0 Å². The molecule has 4 heteroatoms. The van der Waals surface area contributed by atoms with Crippen LogP contribution in [-0.2, 0) is 11.2 Å². The number of ether oxygens (including phenoxy) is 1. The summed E-state index contributed by atoms with van der Waals surface area (Å²) in [6, 6.07) is 2.03. The number of nitrogens with one attached hydrogen (secondary N) is 1. The zero-order valence-electron chi connectivity index (χ0n) is 11.3. The average molecular weight is 237 g/mol. The molecular formula is C13H23N3O. The van der Waals surface area contributed by atoms with Crippen LogP contribution < -0.4 is 5.32 Å². The number of aromatic nitrogens is 2. The maximum Gasteiger partial charge on any atom is 0.136 e. The molecule has 1 rings (SSSR count). The summed E-state index contributed by atoms with van der Waals surface area (Å²) in [6.45, 7) is 7.93. The van der Waals surface area contributed by atoms with E-state index in [0.29, 0.717) is 6.61 Å². The lowest BCUT2D eigenvalue weighted by molar-refractivity contribution is 0.181. The largest absolute Gasteiger partial charge is 0.384 e. The van der Waals surface area contributed by atoms with Crippen molar-refractivity contribution in [1.29, 1.82) is 0 Å². The molecule has 0 aliphatic heterocycles. The predicted octanol–water partition coefficient (Wildman–Crippen LogP) is 2.61. The van der Waals surface area contributed by atoms with Crippen molar-refractivity contribution in [2.24, 2.45) is 0 Å². The number of nitrogens with zero attached hydrogens (tertiary/aromatic N) is 2. The minimum atomic E-state index is 0.230. The maximum atomic E-state index is 5.15. The van der Waals surface area contributed by atoms with E-state index in [9.17, 15) is 0 Å². The molecule has 1 N–H and O–H groups in total. The SMILES string of the molecule is CCCNc1cc(CC)nc(C(C)COC)n1. The Morgan fingerprint density at radius 2 is 2.12 bits per heavy atom. The zero-order valence-corrected chi connectivity index (χ0v) is 11.3. The van der Waals surface area contributed by atoms with Gasteiger partial charge in [-0.25, -0.2) is 9.97 Å². The summed E-state index contributed by atoms with van der Waals surface area (Å²) in [4.78, 5) is 9.08. The normalized spacial score (nSPS) is 12.5. The molecule has 0 radical (unpaired) electrons. The summed E-state index contributed by atoms with van der Waals surface area (Å²) in [7, 11) is 1.70. The lowest BCUT2D eigenvalue weighted by atomic mass is 10.1. The van der Waals surface area contributed by atoms with Gasteiger partial charge in [0.05, 0.1) is 6.61 Å². The van der Waals surface area contributed by atoms with Crippen LogP contribution in [-0.4, -0.2) is 30.2 Å². The fraction of sp³-hybridized carbons (Fsp3) is 0.692. The first-order chi connectivity index (χ1) is 8.21.